The first-order chi connectivity index (χ1) is 14.7. The topological polar surface area (TPSA) is 96.6 Å². The molecule has 0 bridgehead atoms. The van der Waals surface area contributed by atoms with Crippen LogP contribution in [0.25, 0.3) is 11.0 Å². The van der Waals surface area contributed by atoms with Crippen LogP contribution in [0.5, 0.6) is 11.5 Å². The molecule has 0 fully saturated rings. The maximum absolute atomic E-state index is 13.0. The SMILES string of the molecule is CNC(=O)c1cc(NC)c(OCC#Cc2oc3c(O)cccc3c2SC(F)(F)F)cn1. The van der Waals surface area contributed by atoms with Crippen molar-refractivity contribution in [3.05, 3.63) is 41.9 Å². The number of aromatic nitrogens is 1. The first-order valence-corrected chi connectivity index (χ1v) is 9.57. The monoisotopic (exact) mass is 451 g/mol. The quantitative estimate of drug-likeness (QED) is 0.399. The third kappa shape index (κ3) is 5.16. The number of aromatic hydroxyl groups is 1. The van der Waals surface area contributed by atoms with Gasteiger partial charge in [-0.25, -0.2) is 4.98 Å². The number of phenols is 1. The van der Waals surface area contributed by atoms with Crippen molar-refractivity contribution in [3.63, 3.8) is 0 Å². The van der Waals surface area contributed by atoms with Gasteiger partial charge in [-0.1, -0.05) is 12.0 Å². The van der Waals surface area contributed by atoms with Crippen molar-refractivity contribution < 1.29 is 32.2 Å². The molecule has 1 aromatic carbocycles. The van der Waals surface area contributed by atoms with E-state index in [0.29, 0.717) is 11.4 Å². The Kier molecular flexibility index (Phi) is 6.50. The van der Waals surface area contributed by atoms with E-state index in [9.17, 15) is 23.1 Å². The number of alkyl halides is 3. The highest BCUT2D eigenvalue weighted by atomic mass is 32.2. The molecular weight excluding hydrogens is 435 g/mol. The number of anilines is 1. The van der Waals surface area contributed by atoms with Crippen molar-refractivity contribution in [3.8, 4) is 23.3 Å². The number of benzene rings is 1. The van der Waals surface area contributed by atoms with Crippen molar-refractivity contribution in [2.45, 2.75) is 10.4 Å². The minimum absolute atomic E-state index is 0.0778. The molecule has 0 unspecified atom stereocenters. The lowest BCUT2D eigenvalue weighted by molar-refractivity contribution is -0.0328. The van der Waals surface area contributed by atoms with Crippen molar-refractivity contribution in [1.82, 2.24) is 10.3 Å². The third-order valence-corrected chi connectivity index (χ3v) is 4.81. The average Bonchev–Trinajstić information content (AvgIpc) is 3.07. The summed E-state index contributed by atoms with van der Waals surface area (Å²) in [4.78, 5) is 15.4. The van der Waals surface area contributed by atoms with Crippen molar-refractivity contribution in [1.29, 1.82) is 0 Å². The summed E-state index contributed by atoms with van der Waals surface area (Å²) in [5, 5.41) is 15.3. The number of ether oxygens (including phenoxy) is 1. The van der Waals surface area contributed by atoms with Crippen LogP contribution in [0, 0.1) is 11.8 Å². The number of nitrogens with zero attached hydrogens (tertiary/aromatic N) is 1. The largest absolute Gasteiger partial charge is 0.504 e. The number of halogens is 3. The molecule has 1 amide bonds. The van der Waals surface area contributed by atoms with Gasteiger partial charge in [0.05, 0.1) is 16.8 Å². The first-order valence-electron chi connectivity index (χ1n) is 8.75. The van der Waals surface area contributed by atoms with E-state index in [0.717, 1.165) is 0 Å². The summed E-state index contributed by atoms with van der Waals surface area (Å²) in [6.45, 7) is -0.186. The molecular formula is C20H16F3N3O4S. The summed E-state index contributed by atoms with van der Waals surface area (Å²) in [6.07, 6.45) is 1.34. The van der Waals surface area contributed by atoms with Crippen molar-refractivity contribution in [2.24, 2.45) is 0 Å². The minimum atomic E-state index is -4.56. The summed E-state index contributed by atoms with van der Waals surface area (Å²) in [7, 11) is 3.11. The molecule has 7 nitrogen and oxygen atoms in total. The number of fused-ring (bicyclic) bond motifs is 1. The van der Waals surface area contributed by atoms with Crippen LogP contribution in [0.4, 0.5) is 18.9 Å². The third-order valence-electron chi connectivity index (χ3n) is 3.97. The second-order valence-electron chi connectivity index (χ2n) is 5.95. The molecule has 0 aliphatic rings. The number of hydrogen-bond acceptors (Lipinski definition) is 7. The number of rotatable bonds is 5. The molecule has 0 aliphatic carbocycles. The van der Waals surface area contributed by atoms with E-state index in [1.165, 1.54) is 37.5 Å². The van der Waals surface area contributed by atoms with Gasteiger partial charge in [-0.05, 0) is 35.9 Å². The molecule has 11 heteroatoms. The average molecular weight is 451 g/mol. The van der Waals surface area contributed by atoms with E-state index in [4.69, 9.17) is 9.15 Å². The lowest BCUT2D eigenvalue weighted by Crippen LogP contribution is -2.19. The zero-order valence-corrected chi connectivity index (χ0v) is 17.1. The molecule has 0 radical (unpaired) electrons. The Labute approximate surface area is 179 Å². The summed E-state index contributed by atoms with van der Waals surface area (Å²) in [5.74, 6) is 4.53. The van der Waals surface area contributed by atoms with Gasteiger partial charge >= 0.3 is 5.51 Å². The van der Waals surface area contributed by atoms with Gasteiger partial charge in [0.25, 0.3) is 5.91 Å². The van der Waals surface area contributed by atoms with Gasteiger partial charge in [-0.15, -0.1) is 0 Å². The first kappa shape index (κ1) is 22.2. The van der Waals surface area contributed by atoms with Crippen LogP contribution in [0.15, 0.2) is 39.8 Å². The number of pyridine rings is 1. The van der Waals surface area contributed by atoms with E-state index in [-0.39, 0.29) is 57.3 Å². The fourth-order valence-corrected chi connectivity index (χ4v) is 3.30. The van der Waals surface area contributed by atoms with Crippen LogP contribution in [0.1, 0.15) is 16.2 Å². The Bertz CT molecular complexity index is 1180. The number of amides is 1. The highest BCUT2D eigenvalue weighted by Crippen LogP contribution is 2.45. The molecule has 0 atom stereocenters. The molecule has 31 heavy (non-hydrogen) atoms. The number of thioether (sulfide) groups is 1. The molecule has 0 saturated heterocycles. The standard InChI is InChI=1S/C20H16F3N3O4S/c1-24-12-9-13(19(28)25-2)26-10-16(12)29-8-4-7-15-18(31-20(21,22)23)11-5-3-6-14(27)17(11)30-15/h3,5-6,9-10,27H,8H2,1-2H3,(H,24,26)(H,25,28). The van der Waals surface area contributed by atoms with Gasteiger partial charge in [-0.2, -0.15) is 13.2 Å². The summed E-state index contributed by atoms with van der Waals surface area (Å²) in [5.41, 5.74) is -3.97. The maximum Gasteiger partial charge on any atom is 0.446 e. The van der Waals surface area contributed by atoms with E-state index in [1.807, 2.05) is 0 Å². The molecule has 2 aromatic heterocycles. The summed E-state index contributed by atoms with van der Waals surface area (Å²) in [6, 6.07) is 5.63. The lowest BCUT2D eigenvalue weighted by Gasteiger charge is -2.10. The smallest absolute Gasteiger partial charge is 0.446 e. The molecule has 3 aromatic rings. The number of carbonyl (C=O) groups is 1. The second kappa shape index (κ2) is 9.09. The van der Waals surface area contributed by atoms with Crippen LogP contribution in [-0.4, -0.2) is 42.2 Å². The van der Waals surface area contributed by atoms with E-state index >= 15 is 0 Å². The van der Waals surface area contributed by atoms with Crippen LogP contribution >= 0.6 is 11.8 Å². The zero-order chi connectivity index (χ0) is 22.6. The van der Waals surface area contributed by atoms with Crippen LogP contribution in [-0.2, 0) is 0 Å². The predicted octanol–water partition coefficient (Wildman–Crippen LogP) is 3.98. The lowest BCUT2D eigenvalue weighted by atomic mass is 10.2. The van der Waals surface area contributed by atoms with Crippen LogP contribution in [0.3, 0.4) is 0 Å². The fraction of sp³-hybridized carbons (Fsp3) is 0.200. The van der Waals surface area contributed by atoms with Gasteiger partial charge in [0.2, 0.25) is 0 Å². The molecule has 0 saturated carbocycles. The summed E-state index contributed by atoms with van der Waals surface area (Å²) < 4.78 is 49.8. The number of carbonyl (C=O) groups excluding carboxylic acids is 1. The highest BCUT2D eigenvalue weighted by Gasteiger charge is 2.33. The summed E-state index contributed by atoms with van der Waals surface area (Å²) >= 11 is -0.367. The Hall–Kier alpha value is -3.52. The number of phenolic OH excluding ortho intramolecular Hbond substituents is 1. The van der Waals surface area contributed by atoms with Crippen molar-refractivity contribution in [2.75, 3.05) is 26.0 Å². The van der Waals surface area contributed by atoms with E-state index < -0.39 is 5.51 Å². The van der Waals surface area contributed by atoms with Gasteiger partial charge in [0.1, 0.15) is 12.3 Å². The Morgan fingerprint density at radius 3 is 2.81 bits per heavy atom. The Morgan fingerprint density at radius 2 is 2.13 bits per heavy atom. The highest BCUT2D eigenvalue weighted by molar-refractivity contribution is 8.00. The van der Waals surface area contributed by atoms with Crippen molar-refractivity contribution >= 4 is 34.3 Å². The van der Waals surface area contributed by atoms with Crippen LogP contribution < -0.4 is 15.4 Å². The van der Waals surface area contributed by atoms with E-state index in [1.54, 1.807) is 7.05 Å². The Morgan fingerprint density at radius 1 is 1.35 bits per heavy atom. The van der Waals surface area contributed by atoms with Gasteiger partial charge in [-0.3, -0.25) is 4.79 Å². The minimum Gasteiger partial charge on any atom is -0.504 e. The molecule has 162 valence electrons. The molecule has 0 aliphatic heterocycles. The molecule has 2 heterocycles. The molecule has 3 N–H and O–H groups in total. The zero-order valence-electron chi connectivity index (χ0n) is 16.3. The molecule has 0 spiro atoms. The van der Waals surface area contributed by atoms with E-state index in [2.05, 4.69) is 27.5 Å². The maximum atomic E-state index is 13.0. The number of para-hydroxylation sites is 1. The van der Waals surface area contributed by atoms with Gasteiger partial charge in [0, 0.05) is 19.5 Å². The second-order valence-corrected chi connectivity index (χ2v) is 7.02. The number of nitrogens with one attached hydrogen (secondary N) is 2. The Balaban J connectivity index is 1.84. The number of furan rings is 1. The fourth-order valence-electron chi connectivity index (χ4n) is 2.62. The van der Waals surface area contributed by atoms with Gasteiger partial charge < -0.3 is 24.9 Å². The predicted molar refractivity (Wildman–Crippen MR) is 109 cm³/mol. The van der Waals surface area contributed by atoms with Crippen LogP contribution in [0.2, 0.25) is 0 Å². The molecule has 3 rings (SSSR count). The number of hydrogen-bond donors (Lipinski definition) is 3. The normalized spacial score (nSPS) is 11.0. The van der Waals surface area contributed by atoms with Gasteiger partial charge in [0.15, 0.2) is 22.8 Å².